The van der Waals surface area contributed by atoms with Gasteiger partial charge in [-0.25, -0.2) is 0 Å². The summed E-state index contributed by atoms with van der Waals surface area (Å²) < 4.78 is 5.16. The zero-order valence-corrected chi connectivity index (χ0v) is 16.8. The van der Waals surface area contributed by atoms with Gasteiger partial charge in [-0.1, -0.05) is 29.8 Å². The van der Waals surface area contributed by atoms with E-state index in [9.17, 15) is 24.5 Å². The van der Waals surface area contributed by atoms with Crippen molar-refractivity contribution >= 4 is 52.2 Å². The predicted molar refractivity (Wildman–Crippen MR) is 111 cm³/mol. The Hall–Kier alpha value is -3.37. The Balaban J connectivity index is 1.73. The molecule has 0 atom stereocenters. The molecule has 0 bridgehead atoms. The Kier molecular flexibility index (Phi) is 6.38. The van der Waals surface area contributed by atoms with Gasteiger partial charge in [0.25, 0.3) is 22.7 Å². The van der Waals surface area contributed by atoms with Crippen LogP contribution in [0.3, 0.4) is 0 Å². The van der Waals surface area contributed by atoms with Gasteiger partial charge in [-0.05, 0) is 41.1 Å². The first kappa shape index (κ1) is 21.3. The lowest BCUT2D eigenvalue weighted by molar-refractivity contribution is -0.384. The Morgan fingerprint density at radius 1 is 1.23 bits per heavy atom. The molecular formula is C19H14ClN3O6S. The zero-order chi connectivity index (χ0) is 21.8. The van der Waals surface area contributed by atoms with Crippen molar-refractivity contribution in [1.82, 2.24) is 4.90 Å². The number of benzene rings is 2. The van der Waals surface area contributed by atoms with Gasteiger partial charge >= 0.3 is 0 Å². The first-order valence-electron chi connectivity index (χ1n) is 8.44. The molecule has 30 heavy (non-hydrogen) atoms. The number of carbonyl (C=O) groups is 3. The molecule has 154 valence electrons. The van der Waals surface area contributed by atoms with Crippen LogP contribution < -0.4 is 10.5 Å². The van der Waals surface area contributed by atoms with Gasteiger partial charge in [-0.15, -0.1) is 0 Å². The molecule has 0 aliphatic carbocycles. The highest BCUT2D eigenvalue weighted by Gasteiger charge is 2.35. The van der Waals surface area contributed by atoms with Gasteiger partial charge in [0.2, 0.25) is 0 Å². The number of thioether (sulfide) groups is 1. The molecule has 11 heteroatoms. The van der Waals surface area contributed by atoms with Crippen LogP contribution in [0.4, 0.5) is 10.5 Å². The molecule has 1 fully saturated rings. The van der Waals surface area contributed by atoms with E-state index in [1.54, 1.807) is 6.07 Å². The number of nitrogens with two attached hydrogens (primary N) is 1. The van der Waals surface area contributed by atoms with Crippen LogP contribution in [0.2, 0.25) is 5.02 Å². The van der Waals surface area contributed by atoms with Crippen LogP contribution in [0.15, 0.2) is 47.4 Å². The van der Waals surface area contributed by atoms with E-state index in [1.807, 2.05) is 0 Å². The summed E-state index contributed by atoms with van der Waals surface area (Å²) in [6.45, 7) is -0.318. The van der Waals surface area contributed by atoms with Crippen molar-refractivity contribution in [2.45, 2.75) is 6.54 Å². The normalized spacial score (nSPS) is 15.0. The molecule has 1 heterocycles. The van der Waals surface area contributed by atoms with E-state index in [4.69, 9.17) is 22.1 Å². The number of non-ortho nitro benzene ring substituents is 1. The highest BCUT2D eigenvalue weighted by atomic mass is 35.5. The molecule has 0 unspecified atom stereocenters. The van der Waals surface area contributed by atoms with Crippen LogP contribution >= 0.6 is 23.4 Å². The SMILES string of the molecule is NC(=O)COc1ccc(C=C2SC(=O)N(Cc3ccc([N+](=O)[O-])cc3)C2=O)cc1Cl. The van der Waals surface area contributed by atoms with Crippen molar-refractivity contribution in [1.29, 1.82) is 0 Å². The fourth-order valence-corrected chi connectivity index (χ4v) is 3.65. The molecule has 1 saturated heterocycles. The third-order valence-electron chi connectivity index (χ3n) is 3.99. The van der Waals surface area contributed by atoms with Gasteiger partial charge in [0.1, 0.15) is 5.75 Å². The second kappa shape index (κ2) is 8.97. The number of nitro benzene ring substituents is 1. The van der Waals surface area contributed by atoms with Crippen molar-refractivity contribution in [3.63, 3.8) is 0 Å². The van der Waals surface area contributed by atoms with Crippen LogP contribution in [0.25, 0.3) is 6.08 Å². The number of nitro groups is 1. The van der Waals surface area contributed by atoms with Crippen molar-refractivity contribution < 1.29 is 24.0 Å². The topological polar surface area (TPSA) is 133 Å². The number of amides is 3. The summed E-state index contributed by atoms with van der Waals surface area (Å²) in [6, 6.07) is 10.3. The molecule has 0 radical (unpaired) electrons. The second-order valence-corrected chi connectivity index (χ2v) is 7.54. The van der Waals surface area contributed by atoms with Gasteiger partial charge < -0.3 is 10.5 Å². The number of hydrogen-bond donors (Lipinski definition) is 1. The summed E-state index contributed by atoms with van der Waals surface area (Å²) in [7, 11) is 0. The molecule has 1 aliphatic heterocycles. The zero-order valence-electron chi connectivity index (χ0n) is 15.2. The van der Waals surface area contributed by atoms with E-state index in [-0.39, 0.29) is 34.5 Å². The second-order valence-electron chi connectivity index (χ2n) is 6.14. The Bertz CT molecular complexity index is 1070. The van der Waals surface area contributed by atoms with Crippen molar-refractivity contribution in [2.75, 3.05) is 6.61 Å². The van der Waals surface area contributed by atoms with Gasteiger partial charge in [0, 0.05) is 12.1 Å². The summed E-state index contributed by atoms with van der Waals surface area (Å²) in [4.78, 5) is 47.2. The average molecular weight is 448 g/mol. The Morgan fingerprint density at radius 2 is 1.93 bits per heavy atom. The Labute approximate surface area is 179 Å². The third kappa shape index (κ3) is 4.97. The fourth-order valence-electron chi connectivity index (χ4n) is 2.57. The molecule has 3 amide bonds. The average Bonchev–Trinajstić information content (AvgIpc) is 2.95. The number of ether oxygens (including phenoxy) is 1. The maximum atomic E-state index is 12.6. The lowest BCUT2D eigenvalue weighted by atomic mass is 10.2. The molecule has 2 aromatic rings. The maximum Gasteiger partial charge on any atom is 0.293 e. The van der Waals surface area contributed by atoms with E-state index in [0.29, 0.717) is 11.1 Å². The molecule has 0 aromatic heterocycles. The van der Waals surface area contributed by atoms with Crippen LogP contribution in [-0.2, 0) is 16.1 Å². The maximum absolute atomic E-state index is 12.6. The minimum Gasteiger partial charge on any atom is -0.482 e. The summed E-state index contributed by atoms with van der Waals surface area (Å²) in [5.41, 5.74) is 6.10. The molecule has 9 nitrogen and oxygen atoms in total. The number of halogens is 1. The first-order valence-corrected chi connectivity index (χ1v) is 9.63. The van der Waals surface area contributed by atoms with Gasteiger partial charge in [0.15, 0.2) is 6.61 Å². The molecule has 3 rings (SSSR count). The number of nitrogens with zero attached hydrogens (tertiary/aromatic N) is 2. The summed E-state index contributed by atoms with van der Waals surface area (Å²) in [6.07, 6.45) is 1.52. The molecule has 0 spiro atoms. The van der Waals surface area contributed by atoms with Crippen LogP contribution in [-0.4, -0.2) is 33.5 Å². The van der Waals surface area contributed by atoms with E-state index in [0.717, 1.165) is 16.7 Å². The van der Waals surface area contributed by atoms with E-state index >= 15 is 0 Å². The molecule has 2 N–H and O–H groups in total. The first-order chi connectivity index (χ1) is 14.2. The number of hydrogen-bond acceptors (Lipinski definition) is 7. The third-order valence-corrected chi connectivity index (χ3v) is 5.19. The monoisotopic (exact) mass is 447 g/mol. The predicted octanol–water partition coefficient (Wildman–Crippen LogP) is 3.35. The van der Waals surface area contributed by atoms with Crippen LogP contribution in [0.1, 0.15) is 11.1 Å². The minimum absolute atomic E-state index is 0.000647. The summed E-state index contributed by atoms with van der Waals surface area (Å²) in [5.74, 6) is -0.857. The highest BCUT2D eigenvalue weighted by molar-refractivity contribution is 8.18. The quantitative estimate of drug-likeness (QED) is 0.391. The number of carbonyl (C=O) groups excluding carboxylic acids is 3. The van der Waals surface area contributed by atoms with Gasteiger partial charge in [-0.3, -0.25) is 29.4 Å². The van der Waals surface area contributed by atoms with E-state index in [1.165, 1.54) is 42.5 Å². The minimum atomic E-state index is -0.642. The fraction of sp³-hybridized carbons (Fsp3) is 0.105. The number of imide groups is 1. The largest absolute Gasteiger partial charge is 0.482 e. The highest BCUT2D eigenvalue weighted by Crippen LogP contribution is 2.34. The smallest absolute Gasteiger partial charge is 0.293 e. The number of rotatable bonds is 7. The van der Waals surface area contributed by atoms with Crippen LogP contribution in [0.5, 0.6) is 5.75 Å². The van der Waals surface area contributed by atoms with Crippen LogP contribution in [0, 0.1) is 10.1 Å². The van der Waals surface area contributed by atoms with Crippen molar-refractivity contribution in [3.8, 4) is 5.75 Å². The number of primary amides is 1. The standard InChI is InChI=1S/C19H14ClN3O6S/c20-14-7-12(3-6-15(14)29-10-17(21)24)8-16-18(25)22(19(26)30-16)9-11-1-4-13(5-2-11)23(27)28/h1-8H,9-10H2,(H2,21,24). The molecule has 1 aliphatic rings. The molecular weight excluding hydrogens is 434 g/mol. The lowest BCUT2D eigenvalue weighted by Crippen LogP contribution is -2.27. The van der Waals surface area contributed by atoms with Crippen molar-refractivity contribution in [2.24, 2.45) is 5.73 Å². The van der Waals surface area contributed by atoms with E-state index < -0.39 is 22.0 Å². The van der Waals surface area contributed by atoms with E-state index in [2.05, 4.69) is 0 Å². The molecule has 2 aromatic carbocycles. The van der Waals surface area contributed by atoms with Crippen molar-refractivity contribution in [3.05, 3.63) is 73.6 Å². The molecule has 0 saturated carbocycles. The van der Waals surface area contributed by atoms with Gasteiger partial charge in [-0.2, -0.15) is 0 Å². The summed E-state index contributed by atoms with van der Waals surface area (Å²) >= 11 is 6.89. The Morgan fingerprint density at radius 3 is 2.53 bits per heavy atom. The summed E-state index contributed by atoms with van der Waals surface area (Å²) in [5, 5.41) is 10.5. The van der Waals surface area contributed by atoms with Gasteiger partial charge in [0.05, 0.1) is 21.4 Å². The lowest BCUT2D eigenvalue weighted by Gasteiger charge is -2.12.